The maximum Gasteiger partial charge on any atom is 0.356 e. The molecule has 0 saturated heterocycles. The number of imidazole rings is 1. The highest BCUT2D eigenvalue weighted by molar-refractivity contribution is 6.31. The van der Waals surface area contributed by atoms with Gasteiger partial charge in [-0.1, -0.05) is 17.7 Å². The first-order valence-corrected chi connectivity index (χ1v) is 7.95. The molecule has 0 bridgehead atoms. The quantitative estimate of drug-likeness (QED) is 0.837. The van der Waals surface area contributed by atoms with E-state index in [0.29, 0.717) is 23.0 Å². The third kappa shape index (κ3) is 4.16. The van der Waals surface area contributed by atoms with E-state index in [4.69, 9.17) is 11.6 Å². The van der Waals surface area contributed by atoms with Crippen LogP contribution in [0.25, 0.3) is 5.70 Å². The molecule has 0 aliphatic heterocycles. The summed E-state index contributed by atoms with van der Waals surface area (Å²) in [6.45, 7) is 0.289. The molecule has 128 valence electrons. The number of carboxylic acids is 1. The van der Waals surface area contributed by atoms with Crippen molar-refractivity contribution >= 4 is 29.0 Å². The normalized spacial score (nSPS) is 13.8. The third-order valence-corrected chi connectivity index (χ3v) is 3.89. The van der Waals surface area contributed by atoms with Gasteiger partial charge >= 0.3 is 5.97 Å². The molecule has 2 aromatic rings. The van der Waals surface area contributed by atoms with Crippen LogP contribution in [0.15, 0.2) is 59.8 Å². The van der Waals surface area contributed by atoms with Crippen LogP contribution in [0.2, 0.25) is 0 Å². The van der Waals surface area contributed by atoms with Crippen LogP contribution >= 0.6 is 11.6 Å². The minimum atomic E-state index is -1.10. The van der Waals surface area contributed by atoms with Gasteiger partial charge in [0.25, 0.3) is 0 Å². The molecule has 7 heteroatoms. The number of anilines is 1. The minimum Gasteiger partial charge on any atom is -0.476 e. The van der Waals surface area contributed by atoms with Gasteiger partial charge in [-0.25, -0.2) is 14.2 Å². The van der Waals surface area contributed by atoms with Gasteiger partial charge in [-0.05, 0) is 42.5 Å². The number of aromatic nitrogens is 2. The molecule has 0 saturated carbocycles. The number of aromatic carboxylic acids is 1. The monoisotopic (exact) mass is 359 g/mol. The van der Waals surface area contributed by atoms with Gasteiger partial charge in [0, 0.05) is 29.0 Å². The predicted octanol–water partition coefficient (Wildman–Crippen LogP) is 4.26. The van der Waals surface area contributed by atoms with E-state index in [0.717, 1.165) is 5.70 Å². The lowest BCUT2D eigenvalue weighted by molar-refractivity contribution is 0.0691. The van der Waals surface area contributed by atoms with E-state index in [1.165, 1.54) is 18.3 Å². The number of allylic oxidation sites excluding steroid dienone is 6. The summed E-state index contributed by atoms with van der Waals surface area (Å²) in [5.74, 6) is -0.882. The molecule has 1 aromatic carbocycles. The van der Waals surface area contributed by atoms with Crippen molar-refractivity contribution in [2.75, 3.05) is 5.32 Å². The number of benzene rings is 1. The predicted molar refractivity (Wildman–Crippen MR) is 94.9 cm³/mol. The Hall–Kier alpha value is -2.86. The Balaban J connectivity index is 1.88. The Morgan fingerprint density at radius 2 is 2.08 bits per heavy atom. The average molecular weight is 360 g/mol. The van der Waals surface area contributed by atoms with Crippen molar-refractivity contribution in [2.24, 2.45) is 0 Å². The second-order valence-electron chi connectivity index (χ2n) is 5.39. The molecule has 0 unspecified atom stereocenters. The van der Waals surface area contributed by atoms with E-state index in [9.17, 15) is 14.3 Å². The second kappa shape index (κ2) is 7.36. The zero-order chi connectivity index (χ0) is 17.8. The number of nitrogens with one attached hydrogen (secondary N) is 1. The fourth-order valence-electron chi connectivity index (χ4n) is 2.41. The summed E-state index contributed by atoms with van der Waals surface area (Å²) >= 11 is 5.99. The van der Waals surface area contributed by atoms with Crippen LogP contribution in [-0.2, 0) is 6.54 Å². The summed E-state index contributed by atoms with van der Waals surface area (Å²) in [4.78, 5) is 15.5. The van der Waals surface area contributed by atoms with Gasteiger partial charge in [0.15, 0.2) is 5.69 Å². The van der Waals surface area contributed by atoms with E-state index >= 15 is 0 Å². The number of hydrogen-bond acceptors (Lipinski definition) is 3. The Bertz CT molecular complexity index is 882. The van der Waals surface area contributed by atoms with Crippen LogP contribution in [0.5, 0.6) is 0 Å². The van der Waals surface area contributed by atoms with E-state index in [1.807, 2.05) is 12.2 Å². The first-order valence-electron chi connectivity index (χ1n) is 7.57. The lowest BCUT2D eigenvalue weighted by Gasteiger charge is -2.11. The van der Waals surface area contributed by atoms with Gasteiger partial charge in [-0.15, -0.1) is 0 Å². The molecule has 0 amide bonds. The molecule has 1 aliphatic carbocycles. The van der Waals surface area contributed by atoms with Crippen molar-refractivity contribution in [1.82, 2.24) is 9.55 Å². The van der Waals surface area contributed by atoms with E-state index < -0.39 is 5.97 Å². The van der Waals surface area contributed by atoms with Gasteiger partial charge in [0.2, 0.25) is 0 Å². The zero-order valence-electron chi connectivity index (χ0n) is 13.1. The lowest BCUT2D eigenvalue weighted by atomic mass is 10.3. The first-order chi connectivity index (χ1) is 12.0. The van der Waals surface area contributed by atoms with Crippen molar-refractivity contribution in [3.63, 3.8) is 0 Å². The Morgan fingerprint density at radius 3 is 2.80 bits per heavy atom. The van der Waals surface area contributed by atoms with Gasteiger partial charge < -0.3 is 15.0 Å². The highest BCUT2D eigenvalue weighted by Crippen LogP contribution is 2.21. The van der Waals surface area contributed by atoms with E-state index in [1.54, 1.807) is 28.9 Å². The van der Waals surface area contributed by atoms with Crippen molar-refractivity contribution in [2.45, 2.75) is 13.0 Å². The van der Waals surface area contributed by atoms with Crippen molar-refractivity contribution in [3.8, 4) is 0 Å². The van der Waals surface area contributed by atoms with E-state index in [2.05, 4.69) is 10.3 Å². The standard InChI is InChI=1S/C18H15ClFN3O2/c19-12-2-1-3-15(9-4-12)23-11-16(18(24)25)22-17(23)10-21-14-7-5-13(20)6-8-14/h1-2,4-9,11,21H,3,10H2,(H,24,25). The molecule has 0 spiro atoms. The SMILES string of the molecule is O=C(O)c1cn(C2=CC=C(Cl)C=CC2)c(CNc2ccc(F)cc2)n1. The van der Waals surface area contributed by atoms with Crippen LogP contribution < -0.4 is 5.32 Å². The highest BCUT2D eigenvalue weighted by atomic mass is 35.5. The van der Waals surface area contributed by atoms with Crippen LogP contribution in [0.4, 0.5) is 10.1 Å². The summed E-state index contributed by atoms with van der Waals surface area (Å²) in [5, 5.41) is 12.9. The molecular weight excluding hydrogens is 345 g/mol. The Kier molecular flexibility index (Phi) is 5.00. The number of hydrogen-bond donors (Lipinski definition) is 2. The third-order valence-electron chi connectivity index (χ3n) is 3.64. The average Bonchev–Trinajstić information content (AvgIpc) is 2.90. The molecule has 0 fully saturated rings. The second-order valence-corrected chi connectivity index (χ2v) is 5.83. The Labute approximate surface area is 148 Å². The van der Waals surface area contributed by atoms with Crippen LogP contribution in [0.3, 0.4) is 0 Å². The number of halogens is 2. The number of rotatable bonds is 5. The largest absolute Gasteiger partial charge is 0.476 e. The van der Waals surface area contributed by atoms with Gasteiger partial charge in [0.1, 0.15) is 11.6 Å². The number of carbonyl (C=O) groups is 1. The fourth-order valence-corrected chi connectivity index (χ4v) is 2.57. The molecule has 2 N–H and O–H groups in total. The maximum atomic E-state index is 13.0. The Morgan fingerprint density at radius 1 is 1.32 bits per heavy atom. The highest BCUT2D eigenvalue weighted by Gasteiger charge is 2.15. The zero-order valence-corrected chi connectivity index (χ0v) is 13.9. The molecule has 25 heavy (non-hydrogen) atoms. The van der Waals surface area contributed by atoms with Crippen LogP contribution in [0, 0.1) is 5.82 Å². The topological polar surface area (TPSA) is 67.2 Å². The molecule has 1 heterocycles. The van der Waals surface area contributed by atoms with Crippen LogP contribution in [-0.4, -0.2) is 20.6 Å². The first kappa shape index (κ1) is 17.0. The molecule has 0 radical (unpaired) electrons. The molecule has 1 aliphatic rings. The van der Waals surface area contributed by atoms with Gasteiger partial charge in [-0.2, -0.15) is 0 Å². The molecular formula is C18H15ClFN3O2. The number of nitrogens with zero attached hydrogens (tertiary/aromatic N) is 2. The molecule has 1 aromatic heterocycles. The van der Waals surface area contributed by atoms with Crippen molar-refractivity contribution < 1.29 is 14.3 Å². The number of carboxylic acid groups (broad SMARTS) is 1. The minimum absolute atomic E-state index is 0.0416. The smallest absolute Gasteiger partial charge is 0.356 e. The fraction of sp³-hybridized carbons (Fsp3) is 0.111. The molecule has 0 atom stereocenters. The van der Waals surface area contributed by atoms with Gasteiger partial charge in [0.05, 0.1) is 6.54 Å². The summed E-state index contributed by atoms with van der Waals surface area (Å²) in [5.41, 5.74) is 1.52. The summed E-state index contributed by atoms with van der Waals surface area (Å²) in [6, 6.07) is 5.92. The summed E-state index contributed by atoms with van der Waals surface area (Å²) in [7, 11) is 0. The maximum absolute atomic E-state index is 13.0. The van der Waals surface area contributed by atoms with E-state index in [-0.39, 0.29) is 18.1 Å². The van der Waals surface area contributed by atoms with Crippen molar-refractivity contribution in [3.05, 3.63) is 77.1 Å². The molecule has 5 nitrogen and oxygen atoms in total. The van der Waals surface area contributed by atoms with Crippen molar-refractivity contribution in [1.29, 1.82) is 0 Å². The lowest BCUT2D eigenvalue weighted by Crippen LogP contribution is -2.08. The van der Waals surface area contributed by atoms with Crippen LogP contribution in [0.1, 0.15) is 22.7 Å². The summed E-state index contributed by atoms with van der Waals surface area (Å²) < 4.78 is 14.7. The summed E-state index contributed by atoms with van der Waals surface area (Å²) in [6.07, 6.45) is 9.34. The van der Waals surface area contributed by atoms with Gasteiger partial charge in [-0.3, -0.25) is 0 Å². The molecule has 3 rings (SSSR count).